The molecule has 0 aliphatic heterocycles. The third kappa shape index (κ3) is 1.71. The van der Waals surface area contributed by atoms with Crippen LogP contribution in [0, 0.1) is 18.3 Å². The zero-order chi connectivity index (χ0) is 6.69. The highest BCUT2D eigenvalue weighted by atomic mass is 19.1. The Balaban J connectivity index is 2.34. The van der Waals surface area contributed by atoms with E-state index in [0.29, 0.717) is 6.42 Å². The largest absolute Gasteiger partial charge is 0.247 e. The van der Waals surface area contributed by atoms with Gasteiger partial charge in [0.15, 0.2) is 0 Å². The van der Waals surface area contributed by atoms with E-state index >= 15 is 0 Å². The molecule has 0 nitrogen and oxygen atoms in total. The van der Waals surface area contributed by atoms with E-state index in [1.54, 1.807) is 0 Å². The lowest BCUT2D eigenvalue weighted by Crippen LogP contribution is -2.14. The Bertz CT molecular complexity index is 123. The average Bonchev–Trinajstić information content (AvgIpc) is 1.88. The molecule has 0 heterocycles. The lowest BCUT2D eigenvalue weighted by molar-refractivity contribution is 0.225. The van der Waals surface area contributed by atoms with Gasteiger partial charge in [-0.1, -0.05) is 0 Å². The summed E-state index contributed by atoms with van der Waals surface area (Å²) in [6.45, 7) is 0. The molecule has 1 aliphatic carbocycles. The molecule has 1 fully saturated rings. The van der Waals surface area contributed by atoms with Gasteiger partial charge < -0.3 is 0 Å². The lowest BCUT2D eigenvalue weighted by atomic mass is 9.89. The standard InChI is InChI=1S/C8H11F/c1-2-7-4-3-5-8(9)6-7/h1,7-8H,3-6H2/t7-,8+/m0/s1. The monoisotopic (exact) mass is 126 g/mol. The van der Waals surface area contributed by atoms with E-state index in [1.165, 1.54) is 0 Å². The predicted octanol–water partition coefficient (Wildman–Crippen LogP) is 2.15. The molecule has 0 saturated heterocycles. The summed E-state index contributed by atoms with van der Waals surface area (Å²) in [6, 6.07) is 0. The van der Waals surface area contributed by atoms with E-state index in [2.05, 4.69) is 5.92 Å². The van der Waals surface area contributed by atoms with E-state index < -0.39 is 6.17 Å². The highest BCUT2D eigenvalue weighted by Crippen LogP contribution is 2.25. The minimum absolute atomic E-state index is 0.216. The summed E-state index contributed by atoms with van der Waals surface area (Å²) in [5.74, 6) is 2.81. The molecule has 0 aromatic heterocycles. The number of terminal acetylenes is 1. The topological polar surface area (TPSA) is 0 Å². The number of hydrogen-bond donors (Lipinski definition) is 0. The maximum Gasteiger partial charge on any atom is 0.101 e. The van der Waals surface area contributed by atoms with Gasteiger partial charge in [0.25, 0.3) is 0 Å². The van der Waals surface area contributed by atoms with Crippen molar-refractivity contribution in [1.82, 2.24) is 0 Å². The zero-order valence-electron chi connectivity index (χ0n) is 5.44. The molecule has 0 bridgehead atoms. The van der Waals surface area contributed by atoms with Crippen LogP contribution in [0.3, 0.4) is 0 Å². The van der Waals surface area contributed by atoms with Crippen molar-refractivity contribution in [2.24, 2.45) is 5.92 Å². The molecule has 1 saturated carbocycles. The molecule has 1 rings (SSSR count). The molecular formula is C8H11F. The minimum Gasteiger partial charge on any atom is -0.247 e. The molecule has 0 N–H and O–H groups in total. The quantitative estimate of drug-likeness (QED) is 0.436. The van der Waals surface area contributed by atoms with Crippen molar-refractivity contribution in [3.05, 3.63) is 0 Å². The van der Waals surface area contributed by atoms with Gasteiger partial charge in [-0.15, -0.1) is 12.3 Å². The minimum atomic E-state index is -0.625. The van der Waals surface area contributed by atoms with Crippen molar-refractivity contribution in [3.8, 4) is 12.3 Å². The molecule has 1 aliphatic rings. The van der Waals surface area contributed by atoms with Crippen LogP contribution in [0.5, 0.6) is 0 Å². The van der Waals surface area contributed by atoms with Gasteiger partial charge >= 0.3 is 0 Å². The first kappa shape index (κ1) is 6.61. The van der Waals surface area contributed by atoms with Gasteiger partial charge in [-0.05, 0) is 25.7 Å². The van der Waals surface area contributed by atoms with Gasteiger partial charge in [0, 0.05) is 5.92 Å². The maximum atomic E-state index is 12.5. The molecule has 0 amide bonds. The molecule has 0 unspecified atom stereocenters. The van der Waals surface area contributed by atoms with Crippen molar-refractivity contribution in [3.63, 3.8) is 0 Å². The fourth-order valence-electron chi connectivity index (χ4n) is 1.28. The second-order valence-electron chi connectivity index (χ2n) is 2.63. The number of rotatable bonds is 0. The Hall–Kier alpha value is -0.510. The Morgan fingerprint density at radius 1 is 1.44 bits per heavy atom. The SMILES string of the molecule is C#C[C@H]1CCC[C@@H](F)C1. The number of hydrogen-bond acceptors (Lipinski definition) is 0. The van der Waals surface area contributed by atoms with E-state index in [-0.39, 0.29) is 5.92 Å². The first-order valence-electron chi connectivity index (χ1n) is 3.43. The van der Waals surface area contributed by atoms with Crippen LogP contribution in [-0.4, -0.2) is 6.17 Å². The molecule has 0 aromatic rings. The molecule has 0 spiro atoms. The summed E-state index contributed by atoms with van der Waals surface area (Å²) in [5.41, 5.74) is 0. The summed E-state index contributed by atoms with van der Waals surface area (Å²) in [5, 5.41) is 0. The number of halogens is 1. The summed E-state index contributed by atoms with van der Waals surface area (Å²) in [7, 11) is 0. The van der Waals surface area contributed by atoms with Gasteiger partial charge in [0.05, 0.1) is 0 Å². The summed E-state index contributed by atoms with van der Waals surface area (Å²) >= 11 is 0. The molecule has 9 heavy (non-hydrogen) atoms. The predicted molar refractivity (Wildman–Crippen MR) is 35.7 cm³/mol. The van der Waals surface area contributed by atoms with Crippen molar-refractivity contribution in [2.45, 2.75) is 31.9 Å². The Labute approximate surface area is 55.5 Å². The van der Waals surface area contributed by atoms with Gasteiger partial charge in [-0.25, -0.2) is 4.39 Å². The van der Waals surface area contributed by atoms with Crippen LogP contribution < -0.4 is 0 Å². The first-order valence-corrected chi connectivity index (χ1v) is 3.43. The van der Waals surface area contributed by atoms with Crippen LogP contribution in [0.25, 0.3) is 0 Å². The third-order valence-electron chi connectivity index (χ3n) is 1.85. The van der Waals surface area contributed by atoms with Crippen molar-refractivity contribution >= 4 is 0 Å². The van der Waals surface area contributed by atoms with Crippen LogP contribution in [0.15, 0.2) is 0 Å². The van der Waals surface area contributed by atoms with Gasteiger partial charge in [-0.3, -0.25) is 0 Å². The Kier molecular flexibility index (Phi) is 2.10. The Morgan fingerprint density at radius 2 is 2.22 bits per heavy atom. The normalized spacial score (nSPS) is 35.6. The summed E-state index contributed by atoms with van der Waals surface area (Å²) in [4.78, 5) is 0. The maximum absolute atomic E-state index is 12.5. The molecule has 0 radical (unpaired) electrons. The van der Waals surface area contributed by atoms with Crippen LogP contribution in [0.1, 0.15) is 25.7 Å². The van der Waals surface area contributed by atoms with Gasteiger partial charge in [-0.2, -0.15) is 0 Å². The highest BCUT2D eigenvalue weighted by molar-refractivity contribution is 4.95. The van der Waals surface area contributed by atoms with E-state index in [4.69, 9.17) is 6.42 Å². The lowest BCUT2D eigenvalue weighted by Gasteiger charge is -2.19. The van der Waals surface area contributed by atoms with Crippen molar-refractivity contribution in [2.75, 3.05) is 0 Å². The second kappa shape index (κ2) is 2.87. The van der Waals surface area contributed by atoms with E-state index in [9.17, 15) is 4.39 Å². The van der Waals surface area contributed by atoms with Crippen LogP contribution in [0.4, 0.5) is 4.39 Å². The average molecular weight is 126 g/mol. The van der Waals surface area contributed by atoms with E-state index in [0.717, 1.165) is 19.3 Å². The smallest absolute Gasteiger partial charge is 0.101 e. The van der Waals surface area contributed by atoms with Crippen molar-refractivity contribution in [1.29, 1.82) is 0 Å². The van der Waals surface area contributed by atoms with Crippen LogP contribution in [-0.2, 0) is 0 Å². The summed E-state index contributed by atoms with van der Waals surface area (Å²) in [6.07, 6.45) is 7.83. The molecule has 1 heteroatoms. The zero-order valence-corrected chi connectivity index (χ0v) is 5.44. The van der Waals surface area contributed by atoms with Crippen LogP contribution >= 0.6 is 0 Å². The molecule has 0 aromatic carbocycles. The fraction of sp³-hybridized carbons (Fsp3) is 0.750. The fourth-order valence-corrected chi connectivity index (χ4v) is 1.28. The van der Waals surface area contributed by atoms with Gasteiger partial charge in [0.1, 0.15) is 6.17 Å². The summed E-state index contributed by atoms with van der Waals surface area (Å²) < 4.78 is 12.5. The molecule has 50 valence electrons. The van der Waals surface area contributed by atoms with E-state index in [1.807, 2.05) is 0 Å². The second-order valence-corrected chi connectivity index (χ2v) is 2.63. The third-order valence-corrected chi connectivity index (χ3v) is 1.85. The highest BCUT2D eigenvalue weighted by Gasteiger charge is 2.18. The number of alkyl halides is 1. The first-order chi connectivity index (χ1) is 4.33. The van der Waals surface area contributed by atoms with Gasteiger partial charge in [0.2, 0.25) is 0 Å². The van der Waals surface area contributed by atoms with Crippen molar-refractivity contribution < 1.29 is 4.39 Å². The molecular weight excluding hydrogens is 115 g/mol. The molecule has 2 atom stereocenters. The Morgan fingerprint density at radius 3 is 2.67 bits per heavy atom. The van der Waals surface area contributed by atoms with Crippen LogP contribution in [0.2, 0.25) is 0 Å².